The van der Waals surface area contributed by atoms with Gasteiger partial charge in [0.15, 0.2) is 5.76 Å². The summed E-state index contributed by atoms with van der Waals surface area (Å²) in [4.78, 5) is 25.9. The van der Waals surface area contributed by atoms with Crippen LogP contribution in [0.4, 0.5) is 0 Å². The highest BCUT2D eigenvalue weighted by Gasteiger charge is 2.34. The molecule has 0 bridgehead atoms. The number of rotatable bonds is 7. The topological polar surface area (TPSA) is 107 Å². The van der Waals surface area contributed by atoms with Crippen LogP contribution >= 0.6 is 11.8 Å². The number of aromatic nitrogens is 3. The zero-order valence-electron chi connectivity index (χ0n) is 14.4. The van der Waals surface area contributed by atoms with E-state index in [4.69, 9.17) is 10.3 Å². The number of hydrogen-bond acceptors (Lipinski definition) is 7. The highest BCUT2D eigenvalue weighted by atomic mass is 32.2. The van der Waals surface area contributed by atoms with Crippen LogP contribution in [0.1, 0.15) is 33.6 Å². The van der Waals surface area contributed by atoms with Gasteiger partial charge in [-0.1, -0.05) is 23.9 Å². The largest absolute Gasteiger partial charge is 0.461 e. The van der Waals surface area contributed by atoms with Crippen molar-refractivity contribution in [2.45, 2.75) is 18.0 Å². The minimum absolute atomic E-state index is 0.215. The quantitative estimate of drug-likeness (QED) is 0.289. The molecule has 138 valence electrons. The third kappa shape index (κ3) is 3.21. The Labute approximate surface area is 159 Å². The maximum Gasteiger partial charge on any atom is 0.261 e. The molecule has 1 aliphatic heterocycles. The molecule has 0 saturated carbocycles. The molecular weight excluding hydrogens is 366 g/mol. The number of thioether (sulfide) groups is 1. The summed E-state index contributed by atoms with van der Waals surface area (Å²) in [6.45, 7) is 0.403. The van der Waals surface area contributed by atoms with Crippen LogP contribution in [0.2, 0.25) is 0 Å². The third-order valence-electron chi connectivity index (χ3n) is 4.29. The molecule has 0 atom stereocenters. The van der Waals surface area contributed by atoms with Gasteiger partial charge in [0, 0.05) is 12.3 Å². The number of imide groups is 1. The number of nitrogens with two attached hydrogens (primary N) is 1. The minimum Gasteiger partial charge on any atom is -0.461 e. The number of nitrogens with zero attached hydrogens (tertiary/aromatic N) is 4. The van der Waals surface area contributed by atoms with Crippen molar-refractivity contribution < 1.29 is 14.0 Å². The number of amides is 2. The normalized spacial score (nSPS) is 13.4. The molecule has 0 saturated heterocycles. The fraction of sp³-hybridized carbons (Fsp3) is 0.222. The Bertz CT molecular complexity index is 948. The van der Waals surface area contributed by atoms with E-state index in [2.05, 4.69) is 10.2 Å². The lowest BCUT2D eigenvalue weighted by Gasteiger charge is -2.13. The summed E-state index contributed by atoms with van der Waals surface area (Å²) in [7, 11) is 0. The second kappa shape index (κ2) is 7.28. The number of furan rings is 1. The monoisotopic (exact) mass is 383 g/mol. The fourth-order valence-electron chi connectivity index (χ4n) is 2.93. The van der Waals surface area contributed by atoms with Gasteiger partial charge >= 0.3 is 0 Å². The van der Waals surface area contributed by atoms with Crippen LogP contribution in [0.15, 0.2) is 52.2 Å². The zero-order valence-corrected chi connectivity index (χ0v) is 15.2. The third-order valence-corrected chi connectivity index (χ3v) is 5.32. The molecule has 4 rings (SSSR count). The number of unbranched alkanes of at least 4 members (excludes halogenated alkanes) is 1. The Balaban J connectivity index is 1.27. The van der Waals surface area contributed by atoms with Crippen LogP contribution in [-0.2, 0) is 0 Å². The Hall–Kier alpha value is -3.07. The Morgan fingerprint density at radius 3 is 2.41 bits per heavy atom. The van der Waals surface area contributed by atoms with Crippen molar-refractivity contribution >= 4 is 23.6 Å². The maximum atomic E-state index is 12.3. The Morgan fingerprint density at radius 1 is 1.00 bits per heavy atom. The van der Waals surface area contributed by atoms with Gasteiger partial charge in [-0.15, -0.1) is 10.2 Å². The number of benzene rings is 1. The standard InChI is InChI=1S/C18H17N5O3S/c19-23-15(14-8-5-10-26-14)20-21-18(23)27-11-4-3-9-22-16(24)12-6-1-2-7-13(12)17(22)25/h1-2,5-8,10H,3-4,9,11,19H2. The van der Waals surface area contributed by atoms with Crippen LogP contribution in [-0.4, -0.2) is 43.9 Å². The molecule has 27 heavy (non-hydrogen) atoms. The smallest absolute Gasteiger partial charge is 0.261 e. The van der Waals surface area contributed by atoms with Gasteiger partial charge in [0.25, 0.3) is 11.8 Å². The van der Waals surface area contributed by atoms with Crippen molar-refractivity contribution in [3.8, 4) is 11.6 Å². The maximum absolute atomic E-state index is 12.3. The van der Waals surface area contributed by atoms with Gasteiger partial charge in [0.05, 0.1) is 17.4 Å². The van der Waals surface area contributed by atoms with E-state index in [1.165, 1.54) is 21.3 Å². The minimum atomic E-state index is -0.215. The van der Waals surface area contributed by atoms with Crippen LogP contribution in [0.25, 0.3) is 11.6 Å². The first kappa shape index (κ1) is 17.3. The van der Waals surface area contributed by atoms with Gasteiger partial charge in [-0.2, -0.15) is 0 Å². The van der Waals surface area contributed by atoms with E-state index in [0.29, 0.717) is 40.8 Å². The first-order chi connectivity index (χ1) is 13.2. The Morgan fingerprint density at radius 2 is 1.74 bits per heavy atom. The lowest BCUT2D eigenvalue weighted by Crippen LogP contribution is -2.30. The molecule has 2 N–H and O–H groups in total. The van der Waals surface area contributed by atoms with Crippen molar-refractivity contribution in [1.29, 1.82) is 0 Å². The summed E-state index contributed by atoms with van der Waals surface area (Å²) in [5.74, 6) is 7.35. The second-order valence-corrected chi connectivity index (χ2v) is 7.08. The number of hydrogen-bond donors (Lipinski definition) is 1. The first-order valence-corrected chi connectivity index (χ1v) is 9.48. The molecule has 0 spiro atoms. The summed E-state index contributed by atoms with van der Waals surface area (Å²) < 4.78 is 6.68. The predicted molar refractivity (Wildman–Crippen MR) is 99.6 cm³/mol. The first-order valence-electron chi connectivity index (χ1n) is 8.49. The van der Waals surface area contributed by atoms with Crippen molar-refractivity contribution in [3.63, 3.8) is 0 Å². The molecule has 0 unspecified atom stereocenters. The molecule has 3 aromatic rings. The average Bonchev–Trinajstić information content (AvgIpc) is 3.38. The summed E-state index contributed by atoms with van der Waals surface area (Å²) >= 11 is 1.47. The van der Waals surface area contributed by atoms with Crippen molar-refractivity contribution in [3.05, 3.63) is 53.8 Å². The lowest BCUT2D eigenvalue weighted by atomic mass is 10.1. The molecular formula is C18H17N5O3S. The summed E-state index contributed by atoms with van der Waals surface area (Å²) in [5, 5.41) is 8.69. The lowest BCUT2D eigenvalue weighted by molar-refractivity contribution is 0.0652. The Kier molecular flexibility index (Phi) is 4.68. The van der Waals surface area contributed by atoms with Crippen LogP contribution in [0, 0.1) is 0 Å². The second-order valence-electron chi connectivity index (χ2n) is 6.02. The summed E-state index contributed by atoms with van der Waals surface area (Å²) in [6, 6.07) is 10.4. The van der Waals surface area contributed by atoms with Crippen molar-refractivity contribution in [1.82, 2.24) is 19.8 Å². The highest BCUT2D eigenvalue weighted by molar-refractivity contribution is 7.99. The molecule has 0 radical (unpaired) electrons. The van der Waals surface area contributed by atoms with Crippen LogP contribution < -0.4 is 5.84 Å². The van der Waals surface area contributed by atoms with E-state index in [1.807, 2.05) is 0 Å². The number of carbonyl (C=O) groups excluding carboxylic acids is 2. The molecule has 2 aromatic heterocycles. The molecule has 0 aliphatic carbocycles. The molecule has 0 fully saturated rings. The molecule has 9 heteroatoms. The van der Waals surface area contributed by atoms with E-state index < -0.39 is 0 Å². The zero-order chi connectivity index (χ0) is 18.8. The highest BCUT2D eigenvalue weighted by Crippen LogP contribution is 2.24. The van der Waals surface area contributed by atoms with Crippen molar-refractivity contribution in [2.24, 2.45) is 0 Å². The van der Waals surface area contributed by atoms with E-state index >= 15 is 0 Å². The van der Waals surface area contributed by atoms with Gasteiger partial charge in [-0.05, 0) is 37.1 Å². The molecule has 3 heterocycles. The number of fused-ring (bicyclic) bond motifs is 1. The van der Waals surface area contributed by atoms with Gasteiger partial charge < -0.3 is 10.3 Å². The predicted octanol–water partition coefficient (Wildman–Crippen LogP) is 2.42. The van der Waals surface area contributed by atoms with Gasteiger partial charge in [0.2, 0.25) is 11.0 Å². The van der Waals surface area contributed by atoms with Crippen molar-refractivity contribution in [2.75, 3.05) is 18.1 Å². The molecule has 2 amide bonds. The average molecular weight is 383 g/mol. The summed E-state index contributed by atoms with van der Waals surface area (Å²) in [6.07, 6.45) is 3.07. The molecule has 1 aromatic carbocycles. The summed E-state index contributed by atoms with van der Waals surface area (Å²) in [5.41, 5.74) is 0.970. The van der Waals surface area contributed by atoms with Gasteiger partial charge in [0.1, 0.15) is 0 Å². The van der Waals surface area contributed by atoms with Crippen LogP contribution in [0.5, 0.6) is 0 Å². The van der Waals surface area contributed by atoms with E-state index in [0.717, 1.165) is 12.2 Å². The van der Waals surface area contributed by atoms with Crippen LogP contribution in [0.3, 0.4) is 0 Å². The number of carbonyl (C=O) groups is 2. The SMILES string of the molecule is Nn1c(SCCCCN2C(=O)c3ccccc3C2=O)nnc1-c1ccco1. The van der Waals surface area contributed by atoms with Gasteiger partial charge in [-0.25, -0.2) is 4.68 Å². The number of nitrogen functional groups attached to an aromatic ring is 1. The van der Waals surface area contributed by atoms with E-state index in [-0.39, 0.29) is 11.8 Å². The fourth-order valence-corrected chi connectivity index (χ4v) is 3.78. The van der Waals surface area contributed by atoms with Gasteiger partial charge in [-0.3, -0.25) is 14.5 Å². The molecule has 1 aliphatic rings. The van der Waals surface area contributed by atoms with E-state index in [9.17, 15) is 9.59 Å². The van der Waals surface area contributed by atoms with E-state index in [1.54, 1.807) is 42.7 Å². The molecule has 8 nitrogen and oxygen atoms in total.